The van der Waals surface area contributed by atoms with E-state index in [-0.39, 0.29) is 0 Å². The second-order valence-electron chi connectivity index (χ2n) is 4.31. The highest BCUT2D eigenvalue weighted by Gasteiger charge is 2.11. The van der Waals surface area contributed by atoms with Crippen molar-refractivity contribution in [2.45, 2.75) is 20.3 Å². The molecule has 0 aliphatic heterocycles. The minimum absolute atomic E-state index is 0.599. The molecule has 0 bridgehead atoms. The van der Waals surface area contributed by atoms with E-state index >= 15 is 0 Å². The largest absolute Gasteiger partial charge is 0.370 e. The fourth-order valence-electron chi connectivity index (χ4n) is 1.66. The normalized spacial score (nSPS) is 10.8. The Morgan fingerprint density at radius 1 is 1.50 bits per heavy atom. The second kappa shape index (κ2) is 6.71. The first-order chi connectivity index (χ1) is 7.65. The van der Waals surface area contributed by atoms with Gasteiger partial charge in [0.05, 0.1) is 10.7 Å². The van der Waals surface area contributed by atoms with E-state index < -0.39 is 0 Å². The van der Waals surface area contributed by atoms with Crippen molar-refractivity contribution in [3.8, 4) is 0 Å². The van der Waals surface area contributed by atoms with Crippen molar-refractivity contribution in [3.63, 3.8) is 0 Å². The van der Waals surface area contributed by atoms with Gasteiger partial charge in [-0.15, -0.1) is 0 Å². The first kappa shape index (κ1) is 13.3. The number of pyridine rings is 1. The summed E-state index contributed by atoms with van der Waals surface area (Å²) in [4.78, 5) is 6.28. The van der Waals surface area contributed by atoms with E-state index in [0.29, 0.717) is 17.5 Å². The fraction of sp³-hybridized carbons (Fsp3) is 0.583. The van der Waals surface area contributed by atoms with Crippen molar-refractivity contribution >= 4 is 17.3 Å². The lowest BCUT2D eigenvalue weighted by Crippen LogP contribution is -2.30. The van der Waals surface area contributed by atoms with Crippen LogP contribution in [0.4, 0.5) is 5.69 Å². The molecule has 2 N–H and O–H groups in total. The highest BCUT2D eigenvalue weighted by atomic mass is 35.5. The molecule has 0 saturated heterocycles. The Labute approximate surface area is 103 Å². The third-order valence-corrected chi connectivity index (χ3v) is 2.60. The number of nitrogens with two attached hydrogens (primary N) is 1. The van der Waals surface area contributed by atoms with Crippen LogP contribution in [0, 0.1) is 5.92 Å². The van der Waals surface area contributed by atoms with Crippen LogP contribution in [-0.2, 0) is 0 Å². The molecule has 1 aromatic heterocycles. The molecule has 4 heteroatoms. The van der Waals surface area contributed by atoms with Gasteiger partial charge in [-0.1, -0.05) is 25.4 Å². The van der Waals surface area contributed by atoms with Crippen LogP contribution in [0.15, 0.2) is 18.5 Å². The first-order valence-electron chi connectivity index (χ1n) is 5.69. The second-order valence-corrected chi connectivity index (χ2v) is 4.72. The van der Waals surface area contributed by atoms with Crippen molar-refractivity contribution in [3.05, 3.63) is 23.5 Å². The van der Waals surface area contributed by atoms with Gasteiger partial charge in [-0.25, -0.2) is 0 Å². The van der Waals surface area contributed by atoms with E-state index in [0.717, 1.165) is 25.2 Å². The van der Waals surface area contributed by atoms with Crippen LogP contribution in [0.5, 0.6) is 0 Å². The number of hydrogen-bond donors (Lipinski definition) is 1. The monoisotopic (exact) mass is 241 g/mol. The van der Waals surface area contributed by atoms with Crippen molar-refractivity contribution < 1.29 is 0 Å². The van der Waals surface area contributed by atoms with Crippen LogP contribution >= 0.6 is 11.6 Å². The maximum Gasteiger partial charge on any atom is 0.0822 e. The van der Waals surface area contributed by atoms with E-state index in [1.54, 1.807) is 12.4 Å². The zero-order valence-electron chi connectivity index (χ0n) is 9.99. The molecule has 0 amide bonds. The summed E-state index contributed by atoms with van der Waals surface area (Å²) in [6.07, 6.45) is 4.44. The lowest BCUT2D eigenvalue weighted by Gasteiger charge is -2.27. The molecule has 0 radical (unpaired) electrons. The summed E-state index contributed by atoms with van der Waals surface area (Å²) in [5.41, 5.74) is 6.61. The van der Waals surface area contributed by atoms with Gasteiger partial charge < -0.3 is 10.6 Å². The number of rotatable bonds is 6. The fourth-order valence-corrected chi connectivity index (χ4v) is 1.90. The minimum atomic E-state index is 0.599. The summed E-state index contributed by atoms with van der Waals surface area (Å²) in [5.74, 6) is 0.599. The number of hydrogen-bond acceptors (Lipinski definition) is 3. The Kier molecular flexibility index (Phi) is 5.56. The molecule has 0 fully saturated rings. The lowest BCUT2D eigenvalue weighted by atomic mass is 10.2. The Bertz CT molecular complexity index is 315. The zero-order valence-corrected chi connectivity index (χ0v) is 10.7. The van der Waals surface area contributed by atoms with Crippen LogP contribution in [0.2, 0.25) is 5.02 Å². The van der Waals surface area contributed by atoms with Crippen molar-refractivity contribution in [1.82, 2.24) is 4.98 Å². The SMILES string of the molecule is CC(C)CN(CCCN)c1ccncc1Cl. The summed E-state index contributed by atoms with van der Waals surface area (Å²) >= 11 is 6.15. The predicted octanol–water partition coefficient (Wildman–Crippen LogP) is 2.55. The maximum atomic E-state index is 6.15. The van der Waals surface area contributed by atoms with Crippen molar-refractivity contribution in [1.29, 1.82) is 0 Å². The third-order valence-electron chi connectivity index (χ3n) is 2.31. The van der Waals surface area contributed by atoms with E-state index in [4.69, 9.17) is 17.3 Å². The van der Waals surface area contributed by atoms with E-state index in [2.05, 4.69) is 23.7 Å². The molecule has 0 aliphatic rings. The Morgan fingerprint density at radius 3 is 2.81 bits per heavy atom. The molecule has 0 unspecified atom stereocenters. The van der Waals surface area contributed by atoms with Crippen LogP contribution in [0.25, 0.3) is 0 Å². The molecular weight excluding hydrogens is 222 g/mol. The molecule has 0 aromatic carbocycles. The molecule has 0 saturated carbocycles. The van der Waals surface area contributed by atoms with Gasteiger partial charge in [0.1, 0.15) is 0 Å². The van der Waals surface area contributed by atoms with E-state index in [1.807, 2.05) is 6.07 Å². The molecule has 16 heavy (non-hydrogen) atoms. The van der Waals surface area contributed by atoms with Crippen molar-refractivity contribution in [2.75, 3.05) is 24.5 Å². The molecule has 0 aliphatic carbocycles. The predicted molar refractivity (Wildman–Crippen MR) is 70.0 cm³/mol. The van der Waals surface area contributed by atoms with Gasteiger partial charge in [0, 0.05) is 25.5 Å². The minimum Gasteiger partial charge on any atom is -0.370 e. The molecule has 0 spiro atoms. The smallest absolute Gasteiger partial charge is 0.0822 e. The van der Waals surface area contributed by atoms with Gasteiger partial charge in [-0.05, 0) is 24.9 Å². The molecule has 90 valence electrons. The Balaban J connectivity index is 2.78. The topological polar surface area (TPSA) is 42.1 Å². The van der Waals surface area contributed by atoms with Crippen LogP contribution in [0.3, 0.4) is 0 Å². The Morgan fingerprint density at radius 2 is 2.25 bits per heavy atom. The highest BCUT2D eigenvalue weighted by Crippen LogP contribution is 2.24. The summed E-state index contributed by atoms with van der Waals surface area (Å²) in [5, 5.41) is 0.708. The van der Waals surface area contributed by atoms with Gasteiger partial charge in [0.15, 0.2) is 0 Å². The molecule has 0 atom stereocenters. The molecule has 1 heterocycles. The standard InChI is InChI=1S/C12H20ClN3/c1-10(2)9-16(7-3-5-14)12-4-6-15-8-11(12)13/h4,6,8,10H,3,5,7,9,14H2,1-2H3. The van der Waals surface area contributed by atoms with E-state index in [9.17, 15) is 0 Å². The maximum absolute atomic E-state index is 6.15. The van der Waals surface area contributed by atoms with Gasteiger partial charge in [-0.2, -0.15) is 0 Å². The lowest BCUT2D eigenvalue weighted by molar-refractivity contribution is 0.601. The van der Waals surface area contributed by atoms with Gasteiger partial charge in [0.25, 0.3) is 0 Å². The van der Waals surface area contributed by atoms with Gasteiger partial charge in [0.2, 0.25) is 0 Å². The van der Waals surface area contributed by atoms with Gasteiger partial charge in [-0.3, -0.25) is 4.98 Å². The molecule has 1 rings (SSSR count). The number of halogens is 1. The molecule has 1 aromatic rings. The third kappa shape index (κ3) is 3.99. The average molecular weight is 242 g/mol. The Hall–Kier alpha value is -0.800. The first-order valence-corrected chi connectivity index (χ1v) is 6.07. The highest BCUT2D eigenvalue weighted by molar-refractivity contribution is 6.33. The summed E-state index contributed by atoms with van der Waals surface area (Å²) < 4.78 is 0. The molecule has 3 nitrogen and oxygen atoms in total. The van der Waals surface area contributed by atoms with Crippen LogP contribution < -0.4 is 10.6 Å². The zero-order chi connectivity index (χ0) is 12.0. The number of anilines is 1. The number of nitrogens with zero attached hydrogens (tertiary/aromatic N) is 2. The van der Waals surface area contributed by atoms with Crippen LogP contribution in [0.1, 0.15) is 20.3 Å². The number of aromatic nitrogens is 1. The van der Waals surface area contributed by atoms with Crippen LogP contribution in [-0.4, -0.2) is 24.6 Å². The van der Waals surface area contributed by atoms with Gasteiger partial charge >= 0.3 is 0 Å². The van der Waals surface area contributed by atoms with E-state index in [1.165, 1.54) is 0 Å². The summed E-state index contributed by atoms with van der Waals surface area (Å²) in [6, 6.07) is 1.96. The summed E-state index contributed by atoms with van der Waals surface area (Å²) in [6.45, 7) is 7.04. The average Bonchev–Trinajstić information content (AvgIpc) is 2.24. The molecular formula is C12H20ClN3. The van der Waals surface area contributed by atoms with Crippen molar-refractivity contribution in [2.24, 2.45) is 11.7 Å². The quantitative estimate of drug-likeness (QED) is 0.832. The summed E-state index contributed by atoms with van der Waals surface area (Å²) in [7, 11) is 0.